The van der Waals surface area contributed by atoms with E-state index in [0.29, 0.717) is 35.1 Å². The molecule has 1 aliphatic carbocycles. The van der Waals surface area contributed by atoms with E-state index in [-0.39, 0.29) is 12.1 Å². The second-order valence-electron chi connectivity index (χ2n) is 7.94. The number of allylic oxidation sites excluding steroid dienone is 1. The number of rotatable bonds is 11. The normalized spacial score (nSPS) is 15.3. The zero-order valence-electron chi connectivity index (χ0n) is 18.7. The lowest BCUT2D eigenvalue weighted by Gasteiger charge is -2.19. The van der Waals surface area contributed by atoms with Crippen molar-refractivity contribution in [2.75, 3.05) is 11.9 Å². The third-order valence-corrected chi connectivity index (χ3v) is 5.26. The van der Waals surface area contributed by atoms with E-state index in [9.17, 15) is 18.3 Å². The van der Waals surface area contributed by atoms with Crippen LogP contribution in [0.25, 0.3) is 0 Å². The highest BCUT2D eigenvalue weighted by molar-refractivity contribution is 6.01. The summed E-state index contributed by atoms with van der Waals surface area (Å²) in [6.45, 7) is 2.00. The quantitative estimate of drug-likeness (QED) is 0.220. The standard InChI is InChI=1S/C24H27F3N6O/c1-2-31-22(9-6-16-10-18(13-30-12-16)24(25,26)27)23(34)32-19-5-3-4-17(11-19)21(29)14-33(15-28)20-7-8-20/h2-5,9-13,15,20,23,28-29,32,34H,6-8,14H2,1H3/b22-9-,28-15?,29-21?,31-2?. The minimum atomic E-state index is -4.48. The second-order valence-corrected chi connectivity index (χ2v) is 7.94. The molecule has 0 bridgehead atoms. The maximum Gasteiger partial charge on any atom is 0.417 e. The Morgan fingerprint density at radius 1 is 1.32 bits per heavy atom. The summed E-state index contributed by atoms with van der Waals surface area (Å²) in [7, 11) is 0. The molecule has 1 saturated carbocycles. The summed E-state index contributed by atoms with van der Waals surface area (Å²) in [6, 6.07) is 8.35. The van der Waals surface area contributed by atoms with Gasteiger partial charge < -0.3 is 20.7 Å². The molecule has 1 unspecified atom stereocenters. The van der Waals surface area contributed by atoms with E-state index in [4.69, 9.17) is 10.8 Å². The number of aliphatic imine (C=N–C) groups is 1. The van der Waals surface area contributed by atoms with E-state index in [1.165, 1.54) is 18.7 Å². The van der Waals surface area contributed by atoms with Gasteiger partial charge in [-0.15, -0.1) is 0 Å². The minimum absolute atomic E-state index is 0.105. The Hall–Kier alpha value is -3.53. The Labute approximate surface area is 196 Å². The van der Waals surface area contributed by atoms with Crippen LogP contribution in [0.1, 0.15) is 36.5 Å². The largest absolute Gasteiger partial charge is 0.417 e. The third-order valence-electron chi connectivity index (χ3n) is 5.26. The van der Waals surface area contributed by atoms with Crippen molar-refractivity contribution < 1.29 is 18.3 Å². The molecule has 0 saturated heterocycles. The summed E-state index contributed by atoms with van der Waals surface area (Å²) in [6.07, 6.45) is 2.86. The zero-order chi connectivity index (χ0) is 24.7. The molecule has 10 heteroatoms. The fourth-order valence-corrected chi connectivity index (χ4v) is 3.35. The van der Waals surface area contributed by atoms with E-state index in [2.05, 4.69) is 15.3 Å². The summed E-state index contributed by atoms with van der Waals surface area (Å²) in [5.41, 5.74) is 1.31. The lowest BCUT2D eigenvalue weighted by atomic mass is 10.1. The van der Waals surface area contributed by atoms with E-state index < -0.39 is 18.0 Å². The topological polar surface area (TPSA) is 108 Å². The highest BCUT2D eigenvalue weighted by atomic mass is 19.4. The molecule has 3 rings (SSSR count). The van der Waals surface area contributed by atoms with Gasteiger partial charge >= 0.3 is 6.18 Å². The van der Waals surface area contributed by atoms with E-state index in [1.54, 1.807) is 37.3 Å². The van der Waals surface area contributed by atoms with Gasteiger partial charge in [0.05, 0.1) is 29.9 Å². The van der Waals surface area contributed by atoms with Crippen LogP contribution in [-0.2, 0) is 12.6 Å². The van der Waals surface area contributed by atoms with Crippen molar-refractivity contribution in [3.05, 3.63) is 71.2 Å². The molecule has 1 aromatic heterocycles. The SMILES string of the molecule is CC=N/C(=C\Cc1cncc(C(F)(F)F)c1)C(O)Nc1cccc(C(=N)CN(C=N)C2CC2)c1. The zero-order valence-corrected chi connectivity index (χ0v) is 18.7. The van der Waals surface area contributed by atoms with Crippen LogP contribution in [0.15, 0.2) is 59.5 Å². The lowest BCUT2D eigenvalue weighted by Crippen LogP contribution is -2.30. The number of halogens is 3. The molecule has 1 atom stereocenters. The predicted octanol–water partition coefficient (Wildman–Crippen LogP) is 4.49. The van der Waals surface area contributed by atoms with Crippen LogP contribution in [0.2, 0.25) is 0 Å². The highest BCUT2D eigenvalue weighted by Gasteiger charge is 2.31. The number of aliphatic hydroxyl groups is 1. The van der Waals surface area contributed by atoms with Crippen LogP contribution in [0.3, 0.4) is 0 Å². The second kappa shape index (κ2) is 11.1. The number of hydrogen-bond acceptors (Lipinski definition) is 6. The highest BCUT2D eigenvalue weighted by Crippen LogP contribution is 2.29. The number of nitrogens with zero attached hydrogens (tertiary/aromatic N) is 3. The molecule has 1 aliphatic rings. The van der Waals surface area contributed by atoms with Crippen molar-refractivity contribution in [1.82, 2.24) is 9.88 Å². The summed E-state index contributed by atoms with van der Waals surface area (Å²) >= 11 is 0. The maximum absolute atomic E-state index is 12.9. The molecular weight excluding hydrogens is 445 g/mol. The Balaban J connectivity index is 1.69. The van der Waals surface area contributed by atoms with Gasteiger partial charge in [0.2, 0.25) is 0 Å². The van der Waals surface area contributed by atoms with Crippen molar-refractivity contribution >= 4 is 24.0 Å². The van der Waals surface area contributed by atoms with Crippen molar-refractivity contribution in [3.8, 4) is 0 Å². The van der Waals surface area contributed by atoms with Gasteiger partial charge in [-0.3, -0.25) is 15.4 Å². The van der Waals surface area contributed by atoms with Crippen molar-refractivity contribution in [2.24, 2.45) is 4.99 Å². The molecule has 1 aromatic carbocycles. The molecule has 0 spiro atoms. The Kier molecular flexibility index (Phi) is 8.17. The number of pyridine rings is 1. The molecular formula is C24H27F3N6O. The van der Waals surface area contributed by atoms with Crippen LogP contribution < -0.4 is 5.32 Å². The van der Waals surface area contributed by atoms with Gasteiger partial charge in [0.15, 0.2) is 6.23 Å². The number of hydrogen-bond donors (Lipinski definition) is 4. The van der Waals surface area contributed by atoms with Crippen LogP contribution in [0.4, 0.5) is 18.9 Å². The maximum atomic E-state index is 12.9. The predicted molar refractivity (Wildman–Crippen MR) is 127 cm³/mol. The van der Waals surface area contributed by atoms with Gasteiger partial charge in [-0.2, -0.15) is 13.2 Å². The Bertz CT molecular complexity index is 1080. The first-order valence-electron chi connectivity index (χ1n) is 10.8. The molecule has 4 N–H and O–H groups in total. The van der Waals surface area contributed by atoms with Gasteiger partial charge in [0.25, 0.3) is 0 Å². The minimum Gasteiger partial charge on any atom is -0.368 e. The average Bonchev–Trinajstić information content (AvgIpc) is 3.65. The lowest BCUT2D eigenvalue weighted by molar-refractivity contribution is -0.137. The first-order valence-corrected chi connectivity index (χ1v) is 10.8. The molecule has 2 aromatic rings. The smallest absolute Gasteiger partial charge is 0.368 e. The van der Waals surface area contributed by atoms with Crippen molar-refractivity contribution in [1.29, 1.82) is 10.8 Å². The number of nitrogens with one attached hydrogen (secondary N) is 3. The molecule has 34 heavy (non-hydrogen) atoms. The van der Waals surface area contributed by atoms with Crippen molar-refractivity contribution in [2.45, 2.75) is 44.6 Å². The fraction of sp³-hybridized carbons (Fsp3) is 0.333. The number of anilines is 1. The van der Waals surface area contributed by atoms with Gasteiger partial charge in [-0.25, -0.2) is 0 Å². The molecule has 0 radical (unpaired) electrons. The molecule has 1 fully saturated rings. The fourth-order valence-electron chi connectivity index (χ4n) is 3.35. The summed E-state index contributed by atoms with van der Waals surface area (Å²) in [5, 5.41) is 29.5. The number of benzene rings is 1. The van der Waals surface area contributed by atoms with Crippen molar-refractivity contribution in [3.63, 3.8) is 0 Å². The molecule has 1 heterocycles. The molecule has 180 valence electrons. The van der Waals surface area contributed by atoms with Crippen LogP contribution in [0, 0.1) is 10.8 Å². The Morgan fingerprint density at radius 3 is 2.74 bits per heavy atom. The monoisotopic (exact) mass is 472 g/mol. The summed E-state index contributed by atoms with van der Waals surface area (Å²) in [5.74, 6) is 0. The van der Waals surface area contributed by atoms with Gasteiger partial charge in [-0.05, 0) is 55.5 Å². The molecule has 0 amide bonds. The van der Waals surface area contributed by atoms with Gasteiger partial charge in [0.1, 0.15) is 0 Å². The number of aliphatic hydroxyl groups excluding tert-OH is 1. The van der Waals surface area contributed by atoms with Crippen LogP contribution in [0.5, 0.6) is 0 Å². The average molecular weight is 473 g/mol. The van der Waals surface area contributed by atoms with Gasteiger partial charge in [-0.1, -0.05) is 18.2 Å². The first-order chi connectivity index (χ1) is 16.2. The van der Waals surface area contributed by atoms with Crippen LogP contribution >= 0.6 is 0 Å². The van der Waals surface area contributed by atoms with E-state index in [0.717, 1.165) is 25.1 Å². The Morgan fingerprint density at radius 2 is 2.09 bits per heavy atom. The van der Waals surface area contributed by atoms with Gasteiger partial charge in [0, 0.05) is 30.3 Å². The third kappa shape index (κ3) is 6.98. The summed E-state index contributed by atoms with van der Waals surface area (Å²) in [4.78, 5) is 9.63. The van der Waals surface area contributed by atoms with Crippen LogP contribution in [-0.4, -0.2) is 52.1 Å². The molecule has 7 nitrogen and oxygen atoms in total. The number of aromatic nitrogens is 1. The summed E-state index contributed by atoms with van der Waals surface area (Å²) < 4.78 is 38.8. The molecule has 0 aliphatic heterocycles. The van der Waals surface area contributed by atoms with E-state index >= 15 is 0 Å². The van der Waals surface area contributed by atoms with E-state index in [1.807, 2.05) is 4.90 Å². The first kappa shape index (κ1) is 25.1. The number of alkyl halides is 3.